The van der Waals surface area contributed by atoms with E-state index in [0.717, 1.165) is 0 Å². The largest absolute Gasteiger partial charge is 0.461 e. The molecule has 0 fully saturated rings. The van der Waals surface area contributed by atoms with Crippen LogP contribution >= 0.6 is 0 Å². The number of rotatable bonds is 2. The quantitative estimate of drug-likeness (QED) is 0.601. The van der Waals surface area contributed by atoms with E-state index in [2.05, 4.69) is 26.2 Å². The minimum absolute atomic E-state index is 0. The zero-order valence-corrected chi connectivity index (χ0v) is 8.74. The Bertz CT molecular complexity index is 52.5. The standard InChI is InChI=1S/C4H14OSi2.H3N/c1-6-5-7(2,3)4;/h6H2,1-4H3;1H3. The van der Waals surface area contributed by atoms with E-state index in [-0.39, 0.29) is 15.9 Å². The van der Waals surface area contributed by atoms with E-state index in [1.807, 2.05) is 0 Å². The van der Waals surface area contributed by atoms with Gasteiger partial charge in [-0.25, -0.2) is 0 Å². The fourth-order valence-corrected chi connectivity index (χ4v) is 3.90. The van der Waals surface area contributed by atoms with Crippen molar-refractivity contribution in [3.8, 4) is 0 Å². The molecule has 3 N–H and O–H groups in total. The molecule has 0 rings (SSSR count). The molecule has 0 aromatic carbocycles. The molecule has 0 bridgehead atoms. The van der Waals surface area contributed by atoms with E-state index in [1.54, 1.807) is 0 Å². The zero-order valence-electron chi connectivity index (χ0n) is 6.32. The second-order valence-corrected chi connectivity index (χ2v) is 8.50. The van der Waals surface area contributed by atoms with Crippen LogP contribution in [0.25, 0.3) is 0 Å². The maximum atomic E-state index is 5.51. The summed E-state index contributed by atoms with van der Waals surface area (Å²) in [7, 11) is -1.22. The van der Waals surface area contributed by atoms with E-state index in [4.69, 9.17) is 4.12 Å². The second-order valence-electron chi connectivity index (χ2n) is 2.55. The lowest BCUT2D eigenvalue weighted by molar-refractivity contribution is 0.603. The lowest BCUT2D eigenvalue weighted by atomic mass is 11.8. The van der Waals surface area contributed by atoms with Crippen LogP contribution in [0.1, 0.15) is 0 Å². The molecular weight excluding hydrogens is 134 g/mol. The van der Waals surface area contributed by atoms with Gasteiger partial charge in [0.05, 0.1) is 0 Å². The van der Waals surface area contributed by atoms with Crippen molar-refractivity contribution in [1.82, 2.24) is 6.15 Å². The molecule has 0 atom stereocenters. The van der Waals surface area contributed by atoms with Crippen LogP contribution in [0.2, 0.25) is 26.2 Å². The first-order valence-corrected chi connectivity index (χ1v) is 8.10. The van der Waals surface area contributed by atoms with Crippen LogP contribution < -0.4 is 6.15 Å². The molecule has 4 heteroatoms. The van der Waals surface area contributed by atoms with Crippen LogP contribution in [0.15, 0.2) is 0 Å². The lowest BCUT2D eigenvalue weighted by Gasteiger charge is -2.14. The number of hydrogen-bond acceptors (Lipinski definition) is 2. The van der Waals surface area contributed by atoms with Gasteiger partial charge >= 0.3 is 0 Å². The molecule has 0 aliphatic carbocycles. The average molecular weight is 151 g/mol. The summed E-state index contributed by atoms with van der Waals surface area (Å²) < 4.78 is 5.51. The summed E-state index contributed by atoms with van der Waals surface area (Å²) in [4.78, 5) is 0. The molecule has 0 saturated carbocycles. The monoisotopic (exact) mass is 151 g/mol. The van der Waals surface area contributed by atoms with Crippen LogP contribution in [-0.4, -0.2) is 18.1 Å². The van der Waals surface area contributed by atoms with Crippen molar-refractivity contribution in [3.05, 3.63) is 0 Å². The van der Waals surface area contributed by atoms with Gasteiger partial charge < -0.3 is 10.3 Å². The van der Waals surface area contributed by atoms with Gasteiger partial charge in [0.15, 0.2) is 8.32 Å². The van der Waals surface area contributed by atoms with Crippen molar-refractivity contribution in [2.75, 3.05) is 0 Å². The van der Waals surface area contributed by atoms with Gasteiger partial charge in [0.25, 0.3) is 0 Å². The highest BCUT2D eigenvalue weighted by Gasteiger charge is 2.10. The van der Waals surface area contributed by atoms with Crippen molar-refractivity contribution < 1.29 is 4.12 Å². The highest BCUT2D eigenvalue weighted by molar-refractivity contribution is 6.73. The van der Waals surface area contributed by atoms with Crippen LogP contribution in [0, 0.1) is 0 Å². The van der Waals surface area contributed by atoms with Gasteiger partial charge in [-0.1, -0.05) is 6.55 Å². The predicted molar refractivity (Wildman–Crippen MR) is 43.9 cm³/mol. The Morgan fingerprint density at radius 2 is 1.62 bits per heavy atom. The van der Waals surface area contributed by atoms with Crippen molar-refractivity contribution in [2.24, 2.45) is 0 Å². The minimum Gasteiger partial charge on any atom is -0.461 e. The summed E-state index contributed by atoms with van der Waals surface area (Å²) in [6.45, 7) is 8.86. The molecule has 2 nitrogen and oxygen atoms in total. The molecule has 0 aromatic heterocycles. The van der Waals surface area contributed by atoms with Gasteiger partial charge in [-0.3, -0.25) is 0 Å². The fraction of sp³-hybridized carbons (Fsp3) is 1.00. The van der Waals surface area contributed by atoms with E-state index in [9.17, 15) is 0 Å². The first-order valence-electron chi connectivity index (χ1n) is 2.70. The minimum atomic E-state index is -1.10. The van der Waals surface area contributed by atoms with Gasteiger partial charge in [-0.2, -0.15) is 0 Å². The maximum Gasteiger partial charge on any atom is 0.169 e. The summed E-state index contributed by atoms with van der Waals surface area (Å²) in [6, 6.07) is 0. The van der Waals surface area contributed by atoms with Gasteiger partial charge in [-0.15, -0.1) is 0 Å². The Morgan fingerprint density at radius 3 is 1.62 bits per heavy atom. The molecule has 0 saturated heterocycles. The molecule has 0 radical (unpaired) electrons. The van der Waals surface area contributed by atoms with Gasteiger partial charge in [-0.05, 0) is 19.6 Å². The third-order valence-corrected chi connectivity index (χ3v) is 5.20. The van der Waals surface area contributed by atoms with Crippen molar-refractivity contribution in [2.45, 2.75) is 26.2 Å². The lowest BCUT2D eigenvalue weighted by Crippen LogP contribution is -2.26. The summed E-state index contributed by atoms with van der Waals surface area (Å²) in [5.74, 6) is 0. The smallest absolute Gasteiger partial charge is 0.169 e. The average Bonchev–Trinajstić information content (AvgIpc) is 1.30. The van der Waals surface area contributed by atoms with Crippen LogP contribution in [0.5, 0.6) is 0 Å². The molecule has 52 valence electrons. The third-order valence-electron chi connectivity index (χ3n) is 0.577. The Morgan fingerprint density at radius 1 is 1.25 bits per heavy atom. The molecule has 0 amide bonds. The normalized spacial score (nSPS) is 12.0. The van der Waals surface area contributed by atoms with Gasteiger partial charge in [0, 0.05) is 0 Å². The Balaban J connectivity index is 0. The van der Waals surface area contributed by atoms with Crippen LogP contribution in [0.3, 0.4) is 0 Å². The Hall–Kier alpha value is 0.354. The summed E-state index contributed by atoms with van der Waals surface area (Å²) in [5.41, 5.74) is 0. The molecule has 8 heavy (non-hydrogen) atoms. The summed E-state index contributed by atoms with van der Waals surface area (Å²) >= 11 is 0. The van der Waals surface area contributed by atoms with Crippen molar-refractivity contribution in [1.29, 1.82) is 0 Å². The van der Waals surface area contributed by atoms with E-state index < -0.39 is 8.32 Å². The van der Waals surface area contributed by atoms with E-state index in [0.29, 0.717) is 0 Å². The Kier molecular flexibility index (Phi) is 5.95. The molecule has 0 unspecified atom stereocenters. The highest BCUT2D eigenvalue weighted by atomic mass is 28.4. The topological polar surface area (TPSA) is 44.2 Å². The van der Waals surface area contributed by atoms with Gasteiger partial charge in [0.2, 0.25) is 0 Å². The fourth-order valence-electron chi connectivity index (χ4n) is 0.433. The maximum absolute atomic E-state index is 5.51. The number of hydrogen-bond donors (Lipinski definition) is 1. The molecule has 0 aliphatic heterocycles. The first kappa shape index (κ1) is 11.2. The van der Waals surface area contributed by atoms with E-state index in [1.165, 1.54) is 0 Å². The summed E-state index contributed by atoms with van der Waals surface area (Å²) in [5, 5.41) is 0. The third kappa shape index (κ3) is 9.61. The first-order chi connectivity index (χ1) is 3.06. The van der Waals surface area contributed by atoms with Crippen LogP contribution in [-0.2, 0) is 4.12 Å². The predicted octanol–water partition coefficient (Wildman–Crippen LogP) is 1.13. The van der Waals surface area contributed by atoms with Crippen molar-refractivity contribution >= 4 is 18.1 Å². The second kappa shape index (κ2) is 4.25. The van der Waals surface area contributed by atoms with Gasteiger partial charge in [0.1, 0.15) is 9.76 Å². The molecule has 0 aliphatic rings. The highest BCUT2D eigenvalue weighted by Crippen LogP contribution is 1.99. The molecule has 0 aromatic rings. The van der Waals surface area contributed by atoms with Crippen molar-refractivity contribution in [3.63, 3.8) is 0 Å². The summed E-state index contributed by atoms with van der Waals surface area (Å²) in [6.07, 6.45) is 0. The zero-order chi connectivity index (χ0) is 5.91. The molecular formula is C4H17NOSi2. The Labute approximate surface area is 55.3 Å². The van der Waals surface area contributed by atoms with Crippen LogP contribution in [0.4, 0.5) is 0 Å². The SMILES string of the molecule is C[SiH2]O[Si](C)(C)C.N. The molecule has 0 heterocycles. The van der Waals surface area contributed by atoms with E-state index >= 15 is 0 Å². The molecule has 0 spiro atoms.